The number of carboxylic acids is 1. The average molecular weight is 272 g/mol. The molecule has 2 heterocycles. The van der Waals surface area contributed by atoms with E-state index in [1.165, 1.54) is 6.39 Å². The van der Waals surface area contributed by atoms with Gasteiger partial charge in [-0.05, 0) is 19.1 Å². The van der Waals surface area contributed by atoms with Gasteiger partial charge in [-0.1, -0.05) is 11.2 Å². The van der Waals surface area contributed by atoms with Crippen LogP contribution in [0.2, 0.25) is 0 Å². The zero-order valence-corrected chi connectivity index (χ0v) is 10.8. The summed E-state index contributed by atoms with van der Waals surface area (Å²) in [5.74, 6) is 0.382. The maximum Gasteiger partial charge on any atom is 0.337 e. The van der Waals surface area contributed by atoms with Crippen LogP contribution in [0.1, 0.15) is 22.0 Å². The molecule has 0 aliphatic heterocycles. The number of aryl methyl sites for hydroxylation is 3. The summed E-state index contributed by atoms with van der Waals surface area (Å²) < 4.78 is 6.55. The molecule has 7 nitrogen and oxygen atoms in total. The molecular weight excluding hydrogens is 260 g/mol. The second-order valence-electron chi connectivity index (χ2n) is 4.39. The monoisotopic (exact) mass is 272 g/mol. The van der Waals surface area contributed by atoms with Crippen molar-refractivity contribution in [3.8, 4) is 0 Å². The van der Waals surface area contributed by atoms with Gasteiger partial charge in [0.1, 0.15) is 5.82 Å². The Morgan fingerprint density at radius 3 is 3.00 bits per heavy atom. The first kappa shape index (κ1) is 12.3. The third-order valence-corrected chi connectivity index (χ3v) is 3.15. The van der Waals surface area contributed by atoms with Crippen molar-refractivity contribution in [3.05, 3.63) is 41.8 Å². The van der Waals surface area contributed by atoms with Crippen LogP contribution in [0.5, 0.6) is 0 Å². The van der Waals surface area contributed by atoms with Crippen molar-refractivity contribution >= 4 is 17.0 Å². The fourth-order valence-corrected chi connectivity index (χ4v) is 2.26. The van der Waals surface area contributed by atoms with Crippen molar-refractivity contribution in [2.75, 3.05) is 0 Å². The first-order valence-corrected chi connectivity index (χ1v) is 6.11. The highest BCUT2D eigenvalue weighted by molar-refractivity contribution is 6.01. The smallest absolute Gasteiger partial charge is 0.337 e. The van der Waals surface area contributed by atoms with Crippen molar-refractivity contribution in [1.29, 1.82) is 0 Å². The standard InChI is InChI=1S/C13H12N4O3/c1-8-15-10-4-2-3-9(13(18)19)12(10)17(8)6-5-11-14-7-20-16-11/h2-4,7H,5-6H2,1H3,(H,18,19). The van der Waals surface area contributed by atoms with E-state index in [2.05, 4.69) is 19.6 Å². The quantitative estimate of drug-likeness (QED) is 0.776. The SMILES string of the molecule is Cc1nc2cccc(C(=O)O)c2n1CCc1ncon1. The number of aromatic carboxylic acids is 1. The summed E-state index contributed by atoms with van der Waals surface area (Å²) in [6.45, 7) is 2.40. The largest absolute Gasteiger partial charge is 0.478 e. The normalized spacial score (nSPS) is 11.1. The van der Waals surface area contributed by atoms with Crippen LogP contribution in [0.15, 0.2) is 29.1 Å². The number of carboxylic acid groups (broad SMARTS) is 1. The summed E-state index contributed by atoms with van der Waals surface area (Å²) in [5.41, 5.74) is 1.55. The van der Waals surface area contributed by atoms with Crippen LogP contribution in [-0.4, -0.2) is 30.8 Å². The lowest BCUT2D eigenvalue weighted by atomic mass is 10.2. The molecule has 0 atom stereocenters. The Hall–Kier alpha value is -2.70. The number of nitrogens with zero attached hydrogens (tertiary/aromatic N) is 4. The lowest BCUT2D eigenvalue weighted by Crippen LogP contribution is -2.07. The molecule has 0 aliphatic carbocycles. The van der Waals surface area contributed by atoms with Crippen LogP contribution >= 0.6 is 0 Å². The molecule has 7 heteroatoms. The van der Waals surface area contributed by atoms with Gasteiger partial charge >= 0.3 is 5.97 Å². The van der Waals surface area contributed by atoms with Gasteiger partial charge in [0, 0.05) is 13.0 Å². The first-order chi connectivity index (χ1) is 9.66. The van der Waals surface area contributed by atoms with E-state index < -0.39 is 5.97 Å². The molecule has 0 unspecified atom stereocenters. The molecule has 102 valence electrons. The van der Waals surface area contributed by atoms with Crippen molar-refractivity contribution in [3.63, 3.8) is 0 Å². The molecule has 1 N–H and O–H groups in total. The minimum atomic E-state index is -0.962. The minimum Gasteiger partial charge on any atom is -0.478 e. The second kappa shape index (κ2) is 4.76. The van der Waals surface area contributed by atoms with Gasteiger partial charge in [0.25, 0.3) is 0 Å². The lowest BCUT2D eigenvalue weighted by molar-refractivity contribution is 0.0698. The Labute approximate surface area is 113 Å². The molecule has 20 heavy (non-hydrogen) atoms. The second-order valence-corrected chi connectivity index (χ2v) is 4.39. The molecule has 0 fully saturated rings. The molecule has 2 aromatic heterocycles. The van der Waals surface area contributed by atoms with Gasteiger partial charge in [-0.25, -0.2) is 9.78 Å². The molecule has 0 bridgehead atoms. The number of benzene rings is 1. The predicted octanol–water partition coefficient (Wildman–Crippen LogP) is 1.67. The molecule has 0 amide bonds. The Balaban J connectivity index is 2.04. The highest BCUT2D eigenvalue weighted by Crippen LogP contribution is 2.21. The summed E-state index contributed by atoms with van der Waals surface area (Å²) in [6, 6.07) is 5.08. The van der Waals surface area contributed by atoms with E-state index in [9.17, 15) is 9.90 Å². The maximum absolute atomic E-state index is 11.3. The fourth-order valence-electron chi connectivity index (χ4n) is 2.26. The van der Waals surface area contributed by atoms with Crippen molar-refractivity contribution in [2.24, 2.45) is 0 Å². The van der Waals surface area contributed by atoms with E-state index in [1.54, 1.807) is 18.2 Å². The molecule has 3 aromatic rings. The molecule has 0 saturated carbocycles. The van der Waals surface area contributed by atoms with Gasteiger partial charge in [0.05, 0.1) is 16.6 Å². The highest BCUT2D eigenvalue weighted by atomic mass is 16.5. The number of aromatic nitrogens is 4. The van der Waals surface area contributed by atoms with Crippen LogP contribution in [0.3, 0.4) is 0 Å². The van der Waals surface area contributed by atoms with Gasteiger partial charge in [-0.2, -0.15) is 4.98 Å². The zero-order valence-electron chi connectivity index (χ0n) is 10.8. The Kier molecular flexibility index (Phi) is 2.94. The Bertz CT molecular complexity index is 761. The number of hydrogen-bond donors (Lipinski definition) is 1. The van der Waals surface area contributed by atoms with E-state index in [0.717, 1.165) is 5.82 Å². The Morgan fingerprint density at radius 1 is 1.45 bits per heavy atom. The topological polar surface area (TPSA) is 94.0 Å². The molecule has 0 radical (unpaired) electrons. The molecular formula is C13H12N4O3. The highest BCUT2D eigenvalue weighted by Gasteiger charge is 2.16. The van der Waals surface area contributed by atoms with Crippen LogP contribution < -0.4 is 0 Å². The maximum atomic E-state index is 11.3. The van der Waals surface area contributed by atoms with Gasteiger partial charge in [0.15, 0.2) is 5.82 Å². The van der Waals surface area contributed by atoms with Crippen LogP contribution in [0.4, 0.5) is 0 Å². The summed E-state index contributed by atoms with van der Waals surface area (Å²) >= 11 is 0. The number of para-hydroxylation sites is 1. The van der Waals surface area contributed by atoms with Crippen molar-refractivity contribution in [1.82, 2.24) is 19.7 Å². The molecule has 1 aromatic carbocycles. The summed E-state index contributed by atoms with van der Waals surface area (Å²) in [5, 5.41) is 13.0. The van der Waals surface area contributed by atoms with Gasteiger partial charge in [-0.3, -0.25) is 0 Å². The summed E-state index contributed by atoms with van der Waals surface area (Å²) in [7, 11) is 0. The van der Waals surface area contributed by atoms with Crippen molar-refractivity contribution in [2.45, 2.75) is 19.9 Å². The fraction of sp³-hybridized carbons (Fsp3) is 0.231. The average Bonchev–Trinajstić information content (AvgIpc) is 3.02. The number of rotatable bonds is 4. The molecule has 0 aliphatic rings. The summed E-state index contributed by atoms with van der Waals surface area (Å²) in [6.07, 6.45) is 1.83. The zero-order chi connectivity index (χ0) is 14.1. The number of imidazole rings is 1. The van der Waals surface area contributed by atoms with E-state index in [1.807, 2.05) is 11.5 Å². The van der Waals surface area contributed by atoms with Gasteiger partial charge < -0.3 is 14.2 Å². The van der Waals surface area contributed by atoms with E-state index in [4.69, 9.17) is 0 Å². The molecule has 0 saturated heterocycles. The minimum absolute atomic E-state index is 0.246. The number of hydrogen-bond acceptors (Lipinski definition) is 5. The molecule has 0 spiro atoms. The van der Waals surface area contributed by atoms with Gasteiger partial charge in [-0.15, -0.1) is 0 Å². The third-order valence-electron chi connectivity index (χ3n) is 3.15. The Morgan fingerprint density at radius 2 is 2.30 bits per heavy atom. The van der Waals surface area contributed by atoms with Crippen LogP contribution in [-0.2, 0) is 13.0 Å². The van der Waals surface area contributed by atoms with Crippen LogP contribution in [0, 0.1) is 6.92 Å². The summed E-state index contributed by atoms with van der Waals surface area (Å²) in [4.78, 5) is 19.7. The number of fused-ring (bicyclic) bond motifs is 1. The third kappa shape index (κ3) is 2.03. The van der Waals surface area contributed by atoms with Crippen LogP contribution in [0.25, 0.3) is 11.0 Å². The van der Waals surface area contributed by atoms with E-state index >= 15 is 0 Å². The van der Waals surface area contributed by atoms with E-state index in [-0.39, 0.29) is 5.56 Å². The molecule has 3 rings (SSSR count). The van der Waals surface area contributed by atoms with Gasteiger partial charge in [0.2, 0.25) is 6.39 Å². The first-order valence-electron chi connectivity index (χ1n) is 6.11. The van der Waals surface area contributed by atoms with Crippen molar-refractivity contribution < 1.29 is 14.4 Å². The predicted molar refractivity (Wildman–Crippen MR) is 69.4 cm³/mol. The lowest BCUT2D eigenvalue weighted by Gasteiger charge is -2.06. The van der Waals surface area contributed by atoms with E-state index in [0.29, 0.717) is 29.8 Å². The number of carbonyl (C=O) groups is 1.